The number of hydrogen-bond donors (Lipinski definition) is 1. The largest absolute Gasteiger partial charge is 0.340 e. The SMILES string of the molecule is Cc1ccc(Cl)cc1Nc1ccc(C(=O)N(C)C2CCS(=O)(=O)C2)cn1. The van der Waals surface area contributed by atoms with Crippen molar-refractivity contribution in [2.24, 2.45) is 0 Å². The molecule has 0 aliphatic carbocycles. The van der Waals surface area contributed by atoms with Crippen molar-refractivity contribution in [2.45, 2.75) is 19.4 Å². The summed E-state index contributed by atoms with van der Waals surface area (Å²) >= 11 is 6.01. The summed E-state index contributed by atoms with van der Waals surface area (Å²) in [5, 5.41) is 3.80. The lowest BCUT2D eigenvalue weighted by Gasteiger charge is -2.23. The van der Waals surface area contributed by atoms with E-state index in [1.807, 2.05) is 25.1 Å². The van der Waals surface area contributed by atoms with Crippen LogP contribution < -0.4 is 5.32 Å². The van der Waals surface area contributed by atoms with Gasteiger partial charge in [-0.25, -0.2) is 13.4 Å². The molecule has 1 amide bonds. The molecule has 1 aromatic heterocycles. The fourth-order valence-corrected chi connectivity index (χ4v) is 4.86. The standard InChI is InChI=1S/C18H20ClN3O3S/c1-12-3-5-14(19)9-16(12)21-17-6-4-13(10-20-17)18(23)22(2)15-7-8-26(24,25)11-15/h3-6,9-10,15H,7-8,11H2,1-2H3,(H,20,21). The second-order valence-corrected chi connectivity index (χ2v) is 9.15. The maximum Gasteiger partial charge on any atom is 0.255 e. The van der Waals surface area contributed by atoms with Crippen molar-refractivity contribution in [2.75, 3.05) is 23.9 Å². The van der Waals surface area contributed by atoms with Crippen LogP contribution in [0.25, 0.3) is 0 Å². The molecule has 0 saturated carbocycles. The van der Waals surface area contributed by atoms with E-state index in [0.29, 0.717) is 22.8 Å². The van der Waals surface area contributed by atoms with E-state index < -0.39 is 9.84 Å². The van der Waals surface area contributed by atoms with Crippen LogP contribution in [0.4, 0.5) is 11.5 Å². The fourth-order valence-electron chi connectivity index (χ4n) is 2.91. The number of hydrogen-bond acceptors (Lipinski definition) is 5. The second kappa shape index (κ2) is 7.25. The number of nitrogens with one attached hydrogen (secondary N) is 1. The molecular formula is C18H20ClN3O3S. The van der Waals surface area contributed by atoms with Crippen molar-refractivity contribution < 1.29 is 13.2 Å². The lowest BCUT2D eigenvalue weighted by molar-refractivity contribution is 0.0747. The highest BCUT2D eigenvalue weighted by Crippen LogP contribution is 2.24. The Bertz CT molecular complexity index is 929. The van der Waals surface area contributed by atoms with Crippen LogP contribution in [0.2, 0.25) is 5.02 Å². The Labute approximate surface area is 158 Å². The maximum absolute atomic E-state index is 12.6. The summed E-state index contributed by atoms with van der Waals surface area (Å²) in [4.78, 5) is 18.3. The van der Waals surface area contributed by atoms with Crippen molar-refractivity contribution in [3.63, 3.8) is 0 Å². The molecule has 8 heteroatoms. The summed E-state index contributed by atoms with van der Waals surface area (Å²) in [6.07, 6.45) is 1.97. The third-order valence-electron chi connectivity index (χ3n) is 4.55. The van der Waals surface area contributed by atoms with Gasteiger partial charge in [0.1, 0.15) is 5.82 Å². The summed E-state index contributed by atoms with van der Waals surface area (Å²) in [5.41, 5.74) is 2.29. The van der Waals surface area contributed by atoms with E-state index in [4.69, 9.17) is 11.6 Å². The Morgan fingerprint density at radius 1 is 1.31 bits per heavy atom. The maximum atomic E-state index is 12.6. The number of aryl methyl sites for hydroxylation is 1. The topological polar surface area (TPSA) is 79.4 Å². The molecule has 0 spiro atoms. The molecule has 6 nitrogen and oxygen atoms in total. The first kappa shape index (κ1) is 18.7. The van der Waals surface area contributed by atoms with Gasteiger partial charge in [-0.1, -0.05) is 17.7 Å². The molecular weight excluding hydrogens is 374 g/mol. The lowest BCUT2D eigenvalue weighted by Crippen LogP contribution is -2.37. The number of amides is 1. The van der Waals surface area contributed by atoms with Crippen LogP contribution in [0.5, 0.6) is 0 Å². The van der Waals surface area contributed by atoms with Gasteiger partial charge in [0.25, 0.3) is 5.91 Å². The minimum absolute atomic E-state index is 0.0242. The van der Waals surface area contributed by atoms with Gasteiger partial charge in [0.2, 0.25) is 0 Å². The average Bonchev–Trinajstić information content (AvgIpc) is 2.97. The molecule has 1 atom stereocenters. The van der Waals surface area contributed by atoms with Crippen molar-refractivity contribution >= 4 is 38.9 Å². The average molecular weight is 394 g/mol. The van der Waals surface area contributed by atoms with Crippen LogP contribution in [0.1, 0.15) is 22.3 Å². The van der Waals surface area contributed by atoms with E-state index in [1.165, 1.54) is 11.1 Å². The zero-order chi connectivity index (χ0) is 18.9. The summed E-state index contributed by atoms with van der Waals surface area (Å²) in [6.45, 7) is 1.96. The third-order valence-corrected chi connectivity index (χ3v) is 6.53. The molecule has 3 rings (SSSR count). The Hall–Kier alpha value is -2.12. The zero-order valence-electron chi connectivity index (χ0n) is 14.6. The normalized spacial score (nSPS) is 18.5. The van der Waals surface area contributed by atoms with E-state index in [1.54, 1.807) is 19.2 Å². The minimum Gasteiger partial charge on any atom is -0.340 e. The van der Waals surface area contributed by atoms with Gasteiger partial charge in [0.05, 0.1) is 17.1 Å². The van der Waals surface area contributed by atoms with Crippen molar-refractivity contribution in [3.05, 3.63) is 52.7 Å². The van der Waals surface area contributed by atoms with Crippen LogP contribution in [-0.2, 0) is 9.84 Å². The van der Waals surface area contributed by atoms with Crippen LogP contribution in [0, 0.1) is 6.92 Å². The number of sulfone groups is 1. The number of nitrogens with zero attached hydrogens (tertiary/aromatic N) is 2. The molecule has 1 saturated heterocycles. The highest BCUT2D eigenvalue weighted by atomic mass is 35.5. The molecule has 2 aromatic rings. The number of carbonyl (C=O) groups excluding carboxylic acids is 1. The van der Waals surface area contributed by atoms with Gasteiger partial charge in [0, 0.05) is 30.0 Å². The van der Waals surface area contributed by atoms with Gasteiger partial charge in [-0.05, 0) is 43.2 Å². The van der Waals surface area contributed by atoms with Gasteiger partial charge in [-0.3, -0.25) is 4.79 Å². The van der Waals surface area contributed by atoms with Gasteiger partial charge in [0.15, 0.2) is 9.84 Å². The summed E-state index contributed by atoms with van der Waals surface area (Å²) in [7, 11) is -1.40. The van der Waals surface area contributed by atoms with Crippen LogP contribution >= 0.6 is 11.6 Å². The monoisotopic (exact) mass is 393 g/mol. The minimum atomic E-state index is -3.04. The van der Waals surface area contributed by atoms with Crippen LogP contribution in [0.3, 0.4) is 0 Å². The first-order valence-electron chi connectivity index (χ1n) is 8.22. The Balaban J connectivity index is 1.71. The Morgan fingerprint density at radius 3 is 2.69 bits per heavy atom. The van der Waals surface area contributed by atoms with Gasteiger partial charge in [-0.15, -0.1) is 0 Å². The molecule has 1 N–H and O–H groups in total. The van der Waals surface area contributed by atoms with E-state index >= 15 is 0 Å². The molecule has 1 fully saturated rings. The fraction of sp³-hybridized carbons (Fsp3) is 0.333. The van der Waals surface area contributed by atoms with E-state index in [2.05, 4.69) is 10.3 Å². The molecule has 138 valence electrons. The number of carbonyl (C=O) groups is 1. The first-order chi connectivity index (χ1) is 12.2. The van der Waals surface area contributed by atoms with Crippen LogP contribution in [-0.4, -0.2) is 48.8 Å². The molecule has 2 heterocycles. The summed E-state index contributed by atoms with van der Waals surface area (Å²) in [6, 6.07) is 8.65. The molecule has 0 bridgehead atoms. The number of anilines is 2. The highest BCUT2D eigenvalue weighted by Gasteiger charge is 2.33. The van der Waals surface area contributed by atoms with Gasteiger partial charge < -0.3 is 10.2 Å². The third kappa shape index (κ3) is 4.16. The molecule has 1 aromatic carbocycles. The molecule has 1 unspecified atom stereocenters. The van der Waals surface area contributed by atoms with Gasteiger partial charge in [-0.2, -0.15) is 0 Å². The quantitative estimate of drug-likeness (QED) is 0.863. The second-order valence-electron chi connectivity index (χ2n) is 6.49. The Morgan fingerprint density at radius 2 is 2.08 bits per heavy atom. The lowest BCUT2D eigenvalue weighted by atomic mass is 10.2. The molecule has 1 aliphatic rings. The zero-order valence-corrected chi connectivity index (χ0v) is 16.1. The van der Waals surface area contributed by atoms with E-state index in [9.17, 15) is 13.2 Å². The summed E-state index contributed by atoms with van der Waals surface area (Å²) in [5.74, 6) is 0.522. The summed E-state index contributed by atoms with van der Waals surface area (Å²) < 4.78 is 23.2. The van der Waals surface area contributed by atoms with E-state index in [0.717, 1.165) is 11.3 Å². The van der Waals surface area contributed by atoms with Gasteiger partial charge >= 0.3 is 0 Å². The Kier molecular flexibility index (Phi) is 5.20. The van der Waals surface area contributed by atoms with Crippen molar-refractivity contribution in [1.29, 1.82) is 0 Å². The molecule has 0 radical (unpaired) electrons. The number of halogens is 1. The van der Waals surface area contributed by atoms with Crippen molar-refractivity contribution in [1.82, 2.24) is 9.88 Å². The first-order valence-corrected chi connectivity index (χ1v) is 10.4. The van der Waals surface area contributed by atoms with Crippen molar-refractivity contribution in [3.8, 4) is 0 Å². The smallest absolute Gasteiger partial charge is 0.255 e. The highest BCUT2D eigenvalue weighted by molar-refractivity contribution is 7.91. The number of pyridine rings is 1. The van der Waals surface area contributed by atoms with Crippen LogP contribution in [0.15, 0.2) is 36.5 Å². The number of benzene rings is 1. The van der Waals surface area contributed by atoms with E-state index in [-0.39, 0.29) is 23.5 Å². The predicted octanol–water partition coefficient (Wildman–Crippen LogP) is 3.05. The predicted molar refractivity (Wildman–Crippen MR) is 103 cm³/mol. The molecule has 26 heavy (non-hydrogen) atoms. The molecule has 1 aliphatic heterocycles. The number of rotatable bonds is 4. The number of aromatic nitrogens is 1.